The lowest BCUT2D eigenvalue weighted by Gasteiger charge is -2.43. The van der Waals surface area contributed by atoms with Gasteiger partial charge in [-0.25, -0.2) is 0 Å². The Labute approximate surface area is 155 Å². The molecule has 0 spiro atoms. The van der Waals surface area contributed by atoms with Crippen LogP contribution in [0.1, 0.15) is 37.0 Å². The van der Waals surface area contributed by atoms with E-state index in [2.05, 4.69) is 39.8 Å². The number of rotatable bonds is 6. The van der Waals surface area contributed by atoms with Gasteiger partial charge in [-0.15, -0.1) is 35.3 Å². The molecule has 1 N–H and O–H groups in total. The SMILES string of the molecule is CN=C(NCC1(C2CC2)CCC1)N(C)CCc1cccs1.I. The molecular weight excluding hydrogens is 405 g/mol. The molecule has 22 heavy (non-hydrogen) atoms. The van der Waals surface area contributed by atoms with E-state index in [0.717, 1.165) is 31.4 Å². The molecule has 124 valence electrons. The van der Waals surface area contributed by atoms with Gasteiger partial charge in [0.25, 0.3) is 0 Å². The van der Waals surface area contributed by atoms with Crippen molar-refractivity contribution in [2.75, 3.05) is 27.2 Å². The molecule has 1 heterocycles. The van der Waals surface area contributed by atoms with Crippen LogP contribution in [-0.2, 0) is 6.42 Å². The van der Waals surface area contributed by atoms with Gasteiger partial charge in [-0.05, 0) is 54.9 Å². The van der Waals surface area contributed by atoms with Gasteiger partial charge in [0.15, 0.2) is 5.96 Å². The van der Waals surface area contributed by atoms with E-state index < -0.39 is 0 Å². The summed E-state index contributed by atoms with van der Waals surface area (Å²) in [4.78, 5) is 8.18. The highest BCUT2D eigenvalue weighted by molar-refractivity contribution is 14.0. The van der Waals surface area contributed by atoms with E-state index in [-0.39, 0.29) is 24.0 Å². The number of likely N-dealkylation sites (N-methyl/N-ethyl adjacent to an activating group) is 1. The molecule has 0 saturated heterocycles. The van der Waals surface area contributed by atoms with Crippen LogP contribution in [0.4, 0.5) is 0 Å². The number of thiophene rings is 1. The van der Waals surface area contributed by atoms with Gasteiger partial charge in [0.2, 0.25) is 0 Å². The van der Waals surface area contributed by atoms with Crippen LogP contribution in [0.5, 0.6) is 0 Å². The van der Waals surface area contributed by atoms with E-state index in [1.54, 1.807) is 0 Å². The van der Waals surface area contributed by atoms with Crippen molar-refractivity contribution >= 4 is 41.3 Å². The highest BCUT2D eigenvalue weighted by atomic mass is 127. The number of nitrogens with one attached hydrogen (secondary N) is 1. The average Bonchev–Trinajstić information content (AvgIpc) is 3.15. The second kappa shape index (κ2) is 7.99. The minimum atomic E-state index is 0. The molecule has 0 aromatic carbocycles. The van der Waals surface area contributed by atoms with Crippen LogP contribution in [-0.4, -0.2) is 38.0 Å². The summed E-state index contributed by atoms with van der Waals surface area (Å²) in [6.07, 6.45) is 8.26. The maximum atomic E-state index is 4.46. The summed E-state index contributed by atoms with van der Waals surface area (Å²) in [5.74, 6) is 2.05. The van der Waals surface area contributed by atoms with E-state index in [1.807, 2.05) is 18.4 Å². The van der Waals surface area contributed by atoms with Crippen LogP contribution in [0.3, 0.4) is 0 Å². The zero-order valence-electron chi connectivity index (χ0n) is 13.7. The third kappa shape index (κ3) is 4.16. The van der Waals surface area contributed by atoms with Crippen molar-refractivity contribution in [3.8, 4) is 0 Å². The Morgan fingerprint density at radius 1 is 1.45 bits per heavy atom. The van der Waals surface area contributed by atoms with Crippen LogP contribution < -0.4 is 5.32 Å². The highest BCUT2D eigenvalue weighted by Crippen LogP contribution is 2.56. The Bertz CT molecular complexity index is 478. The molecule has 0 radical (unpaired) electrons. The summed E-state index contributed by atoms with van der Waals surface area (Å²) in [7, 11) is 4.04. The summed E-state index contributed by atoms with van der Waals surface area (Å²) in [6, 6.07) is 4.34. The Balaban J connectivity index is 0.00000176. The molecule has 3 rings (SSSR count). The van der Waals surface area contributed by atoms with Gasteiger partial charge in [-0.2, -0.15) is 0 Å². The van der Waals surface area contributed by atoms with Crippen LogP contribution in [0.15, 0.2) is 22.5 Å². The number of hydrogen-bond acceptors (Lipinski definition) is 2. The van der Waals surface area contributed by atoms with Crippen molar-refractivity contribution in [3.05, 3.63) is 22.4 Å². The van der Waals surface area contributed by atoms with Gasteiger partial charge in [0.05, 0.1) is 0 Å². The van der Waals surface area contributed by atoms with Crippen LogP contribution >= 0.6 is 35.3 Å². The second-order valence-corrected chi connectivity index (χ2v) is 7.67. The molecule has 2 aliphatic rings. The molecule has 3 nitrogen and oxygen atoms in total. The van der Waals surface area contributed by atoms with Gasteiger partial charge in [0.1, 0.15) is 0 Å². The van der Waals surface area contributed by atoms with Gasteiger partial charge < -0.3 is 10.2 Å². The standard InChI is InChI=1S/C17H27N3S.HI/c1-18-16(20(2)11-8-15-5-3-12-21-15)19-13-17(9-4-10-17)14-6-7-14;/h3,5,12,14H,4,6-11,13H2,1-2H3,(H,18,19);1H. The molecule has 0 aliphatic heterocycles. The Hall–Kier alpha value is -0.300. The van der Waals surface area contributed by atoms with E-state index in [0.29, 0.717) is 5.41 Å². The van der Waals surface area contributed by atoms with Crippen molar-refractivity contribution < 1.29 is 0 Å². The van der Waals surface area contributed by atoms with Gasteiger partial charge in [-0.3, -0.25) is 4.99 Å². The molecular formula is C17H28IN3S. The number of guanidine groups is 1. The summed E-state index contributed by atoms with van der Waals surface area (Å²) < 4.78 is 0. The Morgan fingerprint density at radius 3 is 2.73 bits per heavy atom. The maximum absolute atomic E-state index is 4.46. The van der Waals surface area contributed by atoms with Crippen LogP contribution in [0.2, 0.25) is 0 Å². The molecule has 0 unspecified atom stereocenters. The molecule has 0 bridgehead atoms. The number of halogens is 1. The average molecular weight is 433 g/mol. The zero-order valence-corrected chi connectivity index (χ0v) is 16.8. The van der Waals surface area contributed by atoms with Crippen molar-refractivity contribution in [1.29, 1.82) is 0 Å². The summed E-state index contributed by atoms with van der Waals surface area (Å²) >= 11 is 1.84. The van der Waals surface area contributed by atoms with E-state index in [1.165, 1.54) is 37.0 Å². The molecule has 2 fully saturated rings. The lowest BCUT2D eigenvalue weighted by atomic mass is 9.65. The monoisotopic (exact) mass is 433 g/mol. The first-order valence-electron chi connectivity index (χ1n) is 8.18. The van der Waals surface area contributed by atoms with Crippen molar-refractivity contribution in [3.63, 3.8) is 0 Å². The summed E-state index contributed by atoms with van der Waals surface area (Å²) in [5, 5.41) is 5.79. The summed E-state index contributed by atoms with van der Waals surface area (Å²) in [6.45, 7) is 2.14. The fourth-order valence-electron chi connectivity index (χ4n) is 3.53. The minimum absolute atomic E-state index is 0. The number of aliphatic imine (C=N–C) groups is 1. The molecule has 1 aromatic heterocycles. The molecule has 0 atom stereocenters. The van der Waals surface area contributed by atoms with Gasteiger partial charge >= 0.3 is 0 Å². The van der Waals surface area contributed by atoms with E-state index in [9.17, 15) is 0 Å². The first kappa shape index (κ1) is 18.0. The fraction of sp³-hybridized carbons (Fsp3) is 0.706. The molecule has 5 heteroatoms. The topological polar surface area (TPSA) is 27.6 Å². The number of hydrogen-bond donors (Lipinski definition) is 1. The second-order valence-electron chi connectivity index (χ2n) is 6.64. The van der Waals surface area contributed by atoms with Crippen molar-refractivity contribution in [1.82, 2.24) is 10.2 Å². The van der Waals surface area contributed by atoms with Crippen LogP contribution in [0.25, 0.3) is 0 Å². The van der Waals surface area contributed by atoms with Gasteiger partial charge in [-0.1, -0.05) is 12.5 Å². The quantitative estimate of drug-likeness (QED) is 0.417. The van der Waals surface area contributed by atoms with Gasteiger partial charge in [0, 0.05) is 32.1 Å². The highest BCUT2D eigenvalue weighted by Gasteiger charge is 2.48. The third-order valence-corrected chi connectivity index (χ3v) is 6.17. The Kier molecular flexibility index (Phi) is 6.56. The minimum Gasteiger partial charge on any atom is -0.356 e. The predicted octanol–water partition coefficient (Wildman–Crippen LogP) is 4.00. The lowest BCUT2D eigenvalue weighted by molar-refractivity contribution is 0.105. The fourth-order valence-corrected chi connectivity index (χ4v) is 4.23. The summed E-state index contributed by atoms with van der Waals surface area (Å²) in [5.41, 5.74) is 0.602. The Morgan fingerprint density at radius 2 is 2.23 bits per heavy atom. The number of nitrogens with zero attached hydrogens (tertiary/aromatic N) is 2. The van der Waals surface area contributed by atoms with E-state index >= 15 is 0 Å². The molecule has 2 aliphatic carbocycles. The van der Waals surface area contributed by atoms with E-state index in [4.69, 9.17) is 0 Å². The normalized spacial score (nSPS) is 20.0. The largest absolute Gasteiger partial charge is 0.356 e. The predicted molar refractivity (Wildman–Crippen MR) is 106 cm³/mol. The smallest absolute Gasteiger partial charge is 0.193 e. The van der Waals surface area contributed by atoms with Crippen molar-refractivity contribution in [2.45, 2.75) is 38.5 Å². The third-order valence-electron chi connectivity index (χ3n) is 5.24. The van der Waals surface area contributed by atoms with Crippen molar-refractivity contribution in [2.24, 2.45) is 16.3 Å². The van der Waals surface area contributed by atoms with Crippen LogP contribution in [0, 0.1) is 11.3 Å². The maximum Gasteiger partial charge on any atom is 0.193 e. The lowest BCUT2D eigenvalue weighted by Crippen LogP contribution is -2.48. The first-order chi connectivity index (χ1) is 10.2. The zero-order chi connectivity index (χ0) is 14.7. The molecule has 2 saturated carbocycles. The first-order valence-corrected chi connectivity index (χ1v) is 9.06. The molecule has 1 aromatic rings. The molecule has 0 amide bonds.